The number of likely N-dealkylation sites (tertiary alicyclic amines) is 1. The van der Waals surface area contributed by atoms with Gasteiger partial charge in [-0.3, -0.25) is 9.59 Å². The number of carboxylic acid groups (broad SMARTS) is 1. The molecule has 32 heavy (non-hydrogen) atoms. The molecular formula is C24H27N3O5. The van der Waals surface area contributed by atoms with Gasteiger partial charge in [0.1, 0.15) is 0 Å². The van der Waals surface area contributed by atoms with Crippen molar-refractivity contribution in [2.24, 2.45) is 11.3 Å². The van der Waals surface area contributed by atoms with Crippen molar-refractivity contribution in [1.82, 2.24) is 14.5 Å². The SMILES string of the molecule is O=C(CCn1cnc2ccccc21)N1C[C@@H](O)[C@@]2(C1)[C@H](CO)[C@H]2c1ccccc1.O=CO. The topological polar surface area (TPSA) is 116 Å². The molecule has 4 atom stereocenters. The summed E-state index contributed by atoms with van der Waals surface area (Å²) < 4.78 is 2.00. The number of imidazole rings is 1. The summed E-state index contributed by atoms with van der Waals surface area (Å²) in [5, 5.41) is 27.6. The van der Waals surface area contributed by atoms with Crippen LogP contribution in [-0.4, -0.2) is 68.0 Å². The number of β-amino-alcohol motifs (C(OH)–C–C–N with tert-alkyl or cyclic N) is 1. The fourth-order valence-electron chi connectivity index (χ4n) is 5.32. The van der Waals surface area contributed by atoms with Gasteiger partial charge < -0.3 is 24.8 Å². The Morgan fingerprint density at radius 2 is 1.84 bits per heavy atom. The molecule has 3 aromatic rings. The minimum Gasteiger partial charge on any atom is -0.483 e. The standard InChI is InChI=1S/C23H25N3O3.CH2O2/c27-13-17-22(16-6-2-1-3-7-16)23(17)14-26(12-20(23)28)21(29)10-11-25-15-24-18-8-4-5-9-19(18)25;2-1-3/h1-9,15,17,20,22,27-28H,10-14H2;1H,(H,2,3)/t17-,20-,22-,23-;/m1./s1. The van der Waals surface area contributed by atoms with Crippen molar-refractivity contribution in [2.75, 3.05) is 19.7 Å². The second-order valence-corrected chi connectivity index (χ2v) is 8.36. The molecule has 1 aromatic heterocycles. The Hall–Kier alpha value is -3.23. The van der Waals surface area contributed by atoms with Crippen LogP contribution in [0.4, 0.5) is 0 Å². The maximum absolute atomic E-state index is 12.9. The van der Waals surface area contributed by atoms with Gasteiger partial charge in [-0.2, -0.15) is 0 Å². The molecule has 0 radical (unpaired) electrons. The highest BCUT2D eigenvalue weighted by atomic mass is 16.3. The maximum Gasteiger partial charge on any atom is 0.290 e. The van der Waals surface area contributed by atoms with Gasteiger partial charge in [-0.25, -0.2) is 4.98 Å². The Kier molecular flexibility index (Phi) is 6.25. The smallest absolute Gasteiger partial charge is 0.290 e. The number of nitrogens with zero attached hydrogens (tertiary/aromatic N) is 3. The van der Waals surface area contributed by atoms with Crippen LogP contribution in [0.2, 0.25) is 0 Å². The van der Waals surface area contributed by atoms with E-state index in [0.29, 0.717) is 26.1 Å². The second kappa shape index (κ2) is 9.10. The van der Waals surface area contributed by atoms with E-state index in [0.717, 1.165) is 16.6 Å². The Balaban J connectivity index is 0.000000775. The van der Waals surface area contributed by atoms with Gasteiger partial charge >= 0.3 is 0 Å². The third kappa shape index (κ3) is 3.76. The van der Waals surface area contributed by atoms with E-state index in [2.05, 4.69) is 4.98 Å². The molecule has 168 valence electrons. The molecule has 8 heteroatoms. The highest BCUT2D eigenvalue weighted by Crippen LogP contribution is 2.68. The summed E-state index contributed by atoms with van der Waals surface area (Å²) in [4.78, 5) is 27.4. The van der Waals surface area contributed by atoms with Crippen molar-refractivity contribution in [3.8, 4) is 0 Å². The largest absolute Gasteiger partial charge is 0.483 e. The molecule has 3 N–H and O–H groups in total. The molecule has 1 saturated heterocycles. The number of benzene rings is 2. The molecule has 1 spiro atoms. The van der Waals surface area contributed by atoms with E-state index in [4.69, 9.17) is 9.90 Å². The van der Waals surface area contributed by atoms with Crippen LogP contribution in [0.25, 0.3) is 11.0 Å². The molecule has 2 heterocycles. The summed E-state index contributed by atoms with van der Waals surface area (Å²) in [5.41, 5.74) is 2.65. The molecule has 0 unspecified atom stereocenters. The highest BCUT2D eigenvalue weighted by Gasteiger charge is 2.71. The van der Waals surface area contributed by atoms with Crippen LogP contribution in [0, 0.1) is 11.3 Å². The maximum atomic E-state index is 12.9. The van der Waals surface area contributed by atoms with E-state index >= 15 is 0 Å². The van der Waals surface area contributed by atoms with Gasteiger partial charge in [0.2, 0.25) is 5.91 Å². The van der Waals surface area contributed by atoms with Crippen molar-refractivity contribution in [3.05, 3.63) is 66.5 Å². The predicted molar refractivity (Wildman–Crippen MR) is 118 cm³/mol. The number of rotatable bonds is 5. The average Bonchev–Trinajstić information content (AvgIpc) is 3.07. The van der Waals surface area contributed by atoms with Crippen molar-refractivity contribution in [1.29, 1.82) is 0 Å². The molecule has 8 nitrogen and oxygen atoms in total. The minimum atomic E-state index is -0.608. The zero-order valence-corrected chi connectivity index (χ0v) is 17.6. The van der Waals surface area contributed by atoms with Crippen LogP contribution in [0.1, 0.15) is 17.9 Å². The summed E-state index contributed by atoms with van der Waals surface area (Å²) in [6.45, 7) is 1.18. The molecular weight excluding hydrogens is 410 g/mol. The normalized spacial score (nSPS) is 26.1. The quantitative estimate of drug-likeness (QED) is 0.524. The second-order valence-electron chi connectivity index (χ2n) is 8.36. The molecule has 1 aliphatic carbocycles. The Morgan fingerprint density at radius 1 is 1.16 bits per heavy atom. The molecule has 1 amide bonds. The van der Waals surface area contributed by atoms with E-state index in [1.165, 1.54) is 0 Å². The van der Waals surface area contributed by atoms with Crippen LogP contribution < -0.4 is 0 Å². The lowest BCUT2D eigenvalue weighted by molar-refractivity contribution is -0.130. The van der Waals surface area contributed by atoms with Crippen molar-refractivity contribution in [3.63, 3.8) is 0 Å². The molecule has 2 aliphatic rings. The van der Waals surface area contributed by atoms with Gasteiger partial charge in [-0.15, -0.1) is 0 Å². The number of aromatic nitrogens is 2. The summed E-state index contributed by atoms with van der Waals surface area (Å²) in [6, 6.07) is 17.9. The third-order valence-corrected chi connectivity index (χ3v) is 6.84. The molecule has 1 saturated carbocycles. The number of aliphatic hydroxyl groups is 2. The van der Waals surface area contributed by atoms with E-state index in [-0.39, 0.29) is 30.8 Å². The van der Waals surface area contributed by atoms with E-state index < -0.39 is 11.5 Å². The van der Waals surface area contributed by atoms with E-state index in [9.17, 15) is 15.0 Å². The van der Waals surface area contributed by atoms with Crippen molar-refractivity contribution >= 4 is 23.4 Å². The number of hydrogen-bond acceptors (Lipinski definition) is 5. The predicted octanol–water partition coefficient (Wildman–Crippen LogP) is 1.72. The summed E-state index contributed by atoms with van der Waals surface area (Å²) in [5.74, 6) is 0.128. The van der Waals surface area contributed by atoms with Gasteiger partial charge in [0, 0.05) is 38.1 Å². The minimum absolute atomic E-state index is 0.00436. The number of carbonyl (C=O) groups is 2. The van der Waals surface area contributed by atoms with Gasteiger partial charge in [-0.1, -0.05) is 42.5 Å². The summed E-state index contributed by atoms with van der Waals surface area (Å²) in [7, 11) is 0. The number of aliphatic hydroxyl groups excluding tert-OH is 2. The lowest BCUT2D eigenvalue weighted by Gasteiger charge is -2.17. The molecule has 1 aliphatic heterocycles. The highest BCUT2D eigenvalue weighted by molar-refractivity contribution is 5.78. The Morgan fingerprint density at radius 3 is 2.56 bits per heavy atom. The first-order valence-corrected chi connectivity index (χ1v) is 10.7. The lowest BCUT2D eigenvalue weighted by atomic mass is 9.95. The lowest BCUT2D eigenvalue weighted by Crippen LogP contribution is -2.30. The van der Waals surface area contributed by atoms with Crippen LogP contribution >= 0.6 is 0 Å². The van der Waals surface area contributed by atoms with Gasteiger partial charge in [0.15, 0.2) is 0 Å². The summed E-state index contributed by atoms with van der Waals surface area (Å²) in [6.07, 6.45) is 1.53. The number of aryl methyl sites for hydroxylation is 1. The van der Waals surface area contributed by atoms with Crippen LogP contribution in [0.3, 0.4) is 0 Å². The van der Waals surface area contributed by atoms with Gasteiger partial charge in [-0.05, 0) is 29.5 Å². The number of para-hydroxylation sites is 2. The summed E-state index contributed by atoms with van der Waals surface area (Å²) >= 11 is 0. The Bertz CT molecular complexity index is 1090. The van der Waals surface area contributed by atoms with Crippen LogP contribution in [-0.2, 0) is 16.1 Å². The zero-order chi connectivity index (χ0) is 22.7. The fourth-order valence-corrected chi connectivity index (χ4v) is 5.32. The number of amides is 1. The third-order valence-electron chi connectivity index (χ3n) is 6.84. The van der Waals surface area contributed by atoms with E-state index in [1.54, 1.807) is 11.2 Å². The first-order valence-electron chi connectivity index (χ1n) is 10.7. The van der Waals surface area contributed by atoms with Gasteiger partial charge in [0.05, 0.1) is 23.5 Å². The number of fused-ring (bicyclic) bond motifs is 1. The van der Waals surface area contributed by atoms with Gasteiger partial charge in [0.25, 0.3) is 6.47 Å². The number of hydrogen-bond donors (Lipinski definition) is 3. The molecule has 2 aromatic carbocycles. The molecule has 2 fully saturated rings. The molecule has 0 bridgehead atoms. The number of carbonyl (C=O) groups excluding carboxylic acids is 1. The Labute approximate surface area is 185 Å². The first-order chi connectivity index (χ1) is 15.6. The average molecular weight is 437 g/mol. The first kappa shape index (κ1) is 22.0. The molecule has 5 rings (SSSR count). The van der Waals surface area contributed by atoms with E-state index in [1.807, 2.05) is 59.2 Å². The zero-order valence-electron chi connectivity index (χ0n) is 17.6. The van der Waals surface area contributed by atoms with Crippen molar-refractivity contribution in [2.45, 2.75) is 25.0 Å². The monoisotopic (exact) mass is 437 g/mol. The van der Waals surface area contributed by atoms with Crippen molar-refractivity contribution < 1.29 is 24.9 Å². The van der Waals surface area contributed by atoms with Crippen LogP contribution in [0.15, 0.2) is 60.9 Å². The fraction of sp³-hybridized carbons (Fsp3) is 0.375. The van der Waals surface area contributed by atoms with Crippen LogP contribution in [0.5, 0.6) is 0 Å².